The maximum Gasteiger partial charge on any atom is 0.416 e. The Balaban J connectivity index is 1.54. The van der Waals surface area contributed by atoms with Crippen LogP contribution in [0.3, 0.4) is 0 Å². The SMILES string of the molecule is COCCN(CC(=O)N(CCc1c[nH]c2ccccc12)Cc1ccc(C(F)(F)F)cc1)C(=O)Nc1ccccc1OC. The van der Waals surface area contributed by atoms with Crippen LogP contribution in [0.25, 0.3) is 10.9 Å². The average Bonchev–Trinajstić information content (AvgIpc) is 3.40. The number of ether oxygens (including phenoxy) is 2. The number of amides is 3. The molecule has 0 bridgehead atoms. The summed E-state index contributed by atoms with van der Waals surface area (Å²) in [6, 6.07) is 18.9. The Morgan fingerprint density at radius 3 is 2.33 bits per heavy atom. The molecule has 1 aromatic heterocycles. The predicted molar refractivity (Wildman–Crippen MR) is 154 cm³/mol. The molecule has 8 nitrogen and oxygen atoms in total. The molecule has 11 heteroatoms. The van der Waals surface area contributed by atoms with Crippen molar-refractivity contribution >= 4 is 28.5 Å². The number of benzene rings is 3. The van der Waals surface area contributed by atoms with Crippen molar-refractivity contribution in [2.45, 2.75) is 19.1 Å². The van der Waals surface area contributed by atoms with E-state index in [-0.39, 0.29) is 38.7 Å². The number of rotatable bonds is 12. The Morgan fingerprint density at radius 2 is 1.62 bits per heavy atom. The number of carbonyl (C=O) groups is 2. The standard InChI is InChI=1S/C31H33F3N4O4/c1-41-18-17-38(30(40)36-27-9-5-6-10-28(27)42-2)21-29(39)37(20-22-11-13-24(14-12-22)31(32,33)34)16-15-23-19-35-26-8-4-3-7-25(23)26/h3-14,19,35H,15-18,20-21H2,1-2H3,(H,36,40). The predicted octanol–water partition coefficient (Wildman–Crippen LogP) is 5.95. The molecule has 0 saturated heterocycles. The van der Waals surface area contributed by atoms with E-state index in [1.165, 1.54) is 31.3 Å². The third kappa shape index (κ3) is 7.82. The highest BCUT2D eigenvalue weighted by Gasteiger charge is 2.30. The van der Waals surface area contributed by atoms with Crippen molar-refractivity contribution in [3.63, 3.8) is 0 Å². The molecule has 0 atom stereocenters. The van der Waals surface area contributed by atoms with Crippen LogP contribution in [0.15, 0.2) is 79.0 Å². The smallest absolute Gasteiger partial charge is 0.416 e. The summed E-state index contributed by atoms with van der Waals surface area (Å²) in [5.41, 5.74) is 2.19. The van der Waals surface area contributed by atoms with Gasteiger partial charge in [-0.3, -0.25) is 4.79 Å². The molecule has 0 aliphatic carbocycles. The number of hydrogen-bond donors (Lipinski definition) is 2. The molecule has 2 N–H and O–H groups in total. The number of para-hydroxylation sites is 3. The van der Waals surface area contributed by atoms with Gasteiger partial charge in [-0.15, -0.1) is 0 Å². The van der Waals surface area contributed by atoms with Gasteiger partial charge in [0.15, 0.2) is 0 Å². The molecule has 1 heterocycles. The minimum absolute atomic E-state index is 0.0750. The number of halogens is 3. The molecular formula is C31H33F3N4O4. The van der Waals surface area contributed by atoms with Crippen molar-refractivity contribution in [1.82, 2.24) is 14.8 Å². The van der Waals surface area contributed by atoms with Crippen molar-refractivity contribution in [3.8, 4) is 5.75 Å². The fraction of sp³-hybridized carbons (Fsp3) is 0.290. The van der Waals surface area contributed by atoms with Gasteiger partial charge < -0.3 is 29.6 Å². The van der Waals surface area contributed by atoms with Crippen LogP contribution in [0, 0.1) is 0 Å². The quantitative estimate of drug-likeness (QED) is 0.216. The van der Waals surface area contributed by atoms with E-state index < -0.39 is 17.8 Å². The number of urea groups is 1. The highest BCUT2D eigenvalue weighted by Crippen LogP contribution is 2.29. The van der Waals surface area contributed by atoms with Crippen LogP contribution >= 0.6 is 0 Å². The molecule has 3 aromatic carbocycles. The second-order valence-corrected chi connectivity index (χ2v) is 9.66. The van der Waals surface area contributed by atoms with Gasteiger partial charge in [-0.2, -0.15) is 13.2 Å². The first kappa shape index (κ1) is 30.4. The van der Waals surface area contributed by atoms with Gasteiger partial charge in [-0.25, -0.2) is 4.79 Å². The summed E-state index contributed by atoms with van der Waals surface area (Å²) in [4.78, 5) is 33.1. The van der Waals surface area contributed by atoms with Gasteiger partial charge in [0.1, 0.15) is 12.3 Å². The van der Waals surface area contributed by atoms with E-state index in [9.17, 15) is 22.8 Å². The molecule has 4 rings (SSSR count). The van der Waals surface area contributed by atoms with Crippen LogP contribution in [0.4, 0.5) is 23.7 Å². The highest BCUT2D eigenvalue weighted by atomic mass is 19.4. The van der Waals surface area contributed by atoms with E-state index in [0.29, 0.717) is 23.4 Å². The van der Waals surface area contributed by atoms with Gasteiger partial charge in [0, 0.05) is 43.8 Å². The Labute approximate surface area is 242 Å². The van der Waals surface area contributed by atoms with Crippen molar-refractivity contribution < 1.29 is 32.2 Å². The maximum atomic E-state index is 13.7. The zero-order chi connectivity index (χ0) is 30.1. The molecule has 0 spiro atoms. The summed E-state index contributed by atoms with van der Waals surface area (Å²) in [6.45, 7) is 0.430. The lowest BCUT2D eigenvalue weighted by atomic mass is 10.1. The highest BCUT2D eigenvalue weighted by molar-refractivity contribution is 5.93. The number of carbonyl (C=O) groups excluding carboxylic acids is 2. The van der Waals surface area contributed by atoms with Crippen molar-refractivity contribution in [1.29, 1.82) is 0 Å². The van der Waals surface area contributed by atoms with Crippen LogP contribution in [0.2, 0.25) is 0 Å². The van der Waals surface area contributed by atoms with E-state index >= 15 is 0 Å². The minimum Gasteiger partial charge on any atom is -0.495 e. The van der Waals surface area contributed by atoms with E-state index in [1.54, 1.807) is 29.2 Å². The Kier molecular flexibility index (Phi) is 10.1. The van der Waals surface area contributed by atoms with Crippen molar-refractivity contribution in [2.24, 2.45) is 0 Å². The fourth-order valence-electron chi connectivity index (χ4n) is 4.56. The monoisotopic (exact) mass is 582 g/mol. The average molecular weight is 583 g/mol. The molecule has 0 fully saturated rings. The molecule has 0 aliphatic heterocycles. The van der Waals surface area contributed by atoms with Crippen LogP contribution in [0.1, 0.15) is 16.7 Å². The molecule has 222 valence electrons. The maximum absolute atomic E-state index is 13.7. The summed E-state index contributed by atoms with van der Waals surface area (Å²) < 4.78 is 49.8. The number of anilines is 1. The molecular weight excluding hydrogens is 549 g/mol. The first-order chi connectivity index (χ1) is 20.2. The van der Waals surface area contributed by atoms with Gasteiger partial charge in [-0.1, -0.05) is 42.5 Å². The lowest BCUT2D eigenvalue weighted by Gasteiger charge is -2.28. The lowest BCUT2D eigenvalue weighted by Crippen LogP contribution is -2.46. The number of nitrogens with one attached hydrogen (secondary N) is 2. The Morgan fingerprint density at radius 1 is 0.905 bits per heavy atom. The second-order valence-electron chi connectivity index (χ2n) is 9.66. The number of aromatic nitrogens is 1. The van der Waals surface area contributed by atoms with Crippen LogP contribution in [0.5, 0.6) is 5.75 Å². The van der Waals surface area contributed by atoms with Crippen LogP contribution < -0.4 is 10.1 Å². The number of fused-ring (bicyclic) bond motifs is 1. The summed E-state index contributed by atoms with van der Waals surface area (Å²) in [5, 5.41) is 3.81. The van der Waals surface area contributed by atoms with E-state index in [2.05, 4.69) is 10.3 Å². The van der Waals surface area contributed by atoms with Gasteiger partial charge >= 0.3 is 12.2 Å². The van der Waals surface area contributed by atoms with Crippen LogP contribution in [-0.4, -0.2) is 67.2 Å². The van der Waals surface area contributed by atoms with Crippen molar-refractivity contribution in [3.05, 3.63) is 95.7 Å². The van der Waals surface area contributed by atoms with Gasteiger partial charge in [-0.05, 0) is 47.9 Å². The summed E-state index contributed by atoms with van der Waals surface area (Å²) in [5.74, 6) is 0.104. The molecule has 0 saturated carbocycles. The lowest BCUT2D eigenvalue weighted by molar-refractivity contribution is -0.137. The summed E-state index contributed by atoms with van der Waals surface area (Å²) in [7, 11) is 2.99. The number of H-pyrrole nitrogens is 1. The topological polar surface area (TPSA) is 86.9 Å². The number of alkyl halides is 3. The van der Waals surface area contributed by atoms with Gasteiger partial charge in [0.25, 0.3) is 0 Å². The van der Waals surface area contributed by atoms with E-state index in [1.807, 2.05) is 30.5 Å². The Hall–Kier alpha value is -4.51. The fourth-order valence-corrected chi connectivity index (χ4v) is 4.56. The van der Waals surface area contributed by atoms with Gasteiger partial charge in [0.2, 0.25) is 5.91 Å². The third-order valence-electron chi connectivity index (χ3n) is 6.86. The first-order valence-corrected chi connectivity index (χ1v) is 13.4. The number of aromatic amines is 1. The van der Waals surface area contributed by atoms with Crippen molar-refractivity contribution in [2.75, 3.05) is 45.8 Å². The molecule has 4 aromatic rings. The number of hydrogen-bond acceptors (Lipinski definition) is 4. The molecule has 0 radical (unpaired) electrons. The zero-order valence-corrected chi connectivity index (χ0v) is 23.4. The largest absolute Gasteiger partial charge is 0.495 e. The molecule has 3 amide bonds. The minimum atomic E-state index is -4.46. The Bertz CT molecular complexity index is 1490. The van der Waals surface area contributed by atoms with E-state index in [0.717, 1.165) is 28.6 Å². The second kappa shape index (κ2) is 13.9. The zero-order valence-electron chi connectivity index (χ0n) is 23.4. The number of nitrogens with zero attached hydrogens (tertiary/aromatic N) is 2. The first-order valence-electron chi connectivity index (χ1n) is 13.4. The van der Waals surface area contributed by atoms with E-state index in [4.69, 9.17) is 9.47 Å². The third-order valence-corrected chi connectivity index (χ3v) is 6.86. The summed E-state index contributed by atoms with van der Waals surface area (Å²) >= 11 is 0. The molecule has 0 unspecified atom stereocenters. The van der Waals surface area contributed by atoms with Gasteiger partial charge in [0.05, 0.1) is 25.0 Å². The normalized spacial score (nSPS) is 11.4. The van der Waals surface area contributed by atoms with Crippen LogP contribution in [-0.2, 0) is 28.7 Å². The number of methoxy groups -OCH3 is 2. The summed E-state index contributed by atoms with van der Waals surface area (Å²) in [6.07, 6.45) is -2.07. The molecule has 0 aliphatic rings. The molecule has 42 heavy (non-hydrogen) atoms.